The summed E-state index contributed by atoms with van der Waals surface area (Å²) in [5, 5.41) is 2.98. The van der Waals surface area contributed by atoms with E-state index in [-0.39, 0.29) is 35.5 Å². The molecule has 1 fully saturated rings. The number of amides is 2. The summed E-state index contributed by atoms with van der Waals surface area (Å²) in [6, 6.07) is 6.95. The van der Waals surface area contributed by atoms with Crippen LogP contribution in [0.15, 0.2) is 24.3 Å². The predicted octanol–water partition coefficient (Wildman–Crippen LogP) is 3.03. The first kappa shape index (κ1) is 19.6. The van der Waals surface area contributed by atoms with E-state index < -0.39 is 12.1 Å². The van der Waals surface area contributed by atoms with Crippen molar-refractivity contribution in [1.82, 2.24) is 10.2 Å². The van der Waals surface area contributed by atoms with Crippen molar-refractivity contribution in [2.75, 3.05) is 0 Å². The molecule has 27 heavy (non-hydrogen) atoms. The van der Waals surface area contributed by atoms with Gasteiger partial charge in [0, 0.05) is 12.3 Å². The number of benzene rings is 1. The van der Waals surface area contributed by atoms with Crippen LogP contribution in [0.3, 0.4) is 0 Å². The van der Waals surface area contributed by atoms with Crippen LogP contribution in [0.25, 0.3) is 0 Å². The van der Waals surface area contributed by atoms with Crippen LogP contribution in [0.5, 0.6) is 0 Å². The van der Waals surface area contributed by atoms with Crippen LogP contribution >= 0.6 is 0 Å². The van der Waals surface area contributed by atoms with Crippen molar-refractivity contribution in [2.45, 2.75) is 71.5 Å². The van der Waals surface area contributed by atoms with Gasteiger partial charge in [-0.3, -0.25) is 14.4 Å². The Labute approximate surface area is 161 Å². The fraction of sp³-hybridized carbons (Fsp3) is 0.591. The van der Waals surface area contributed by atoms with Gasteiger partial charge in [-0.15, -0.1) is 0 Å². The largest absolute Gasteiger partial charge is 0.344 e. The number of Topliss-reactive ketones (excluding diaryl/α,β-unsaturated/α-hetero) is 1. The lowest BCUT2D eigenvalue weighted by atomic mass is 9.88. The summed E-state index contributed by atoms with van der Waals surface area (Å²) < 4.78 is 0. The Morgan fingerprint density at radius 1 is 1.15 bits per heavy atom. The van der Waals surface area contributed by atoms with Gasteiger partial charge in [0.05, 0.1) is 12.1 Å². The van der Waals surface area contributed by atoms with Gasteiger partial charge in [-0.05, 0) is 43.2 Å². The molecule has 146 valence electrons. The zero-order chi connectivity index (χ0) is 19.7. The molecule has 0 spiro atoms. The minimum atomic E-state index is -0.621. The summed E-state index contributed by atoms with van der Waals surface area (Å²) >= 11 is 0. The number of rotatable bonds is 4. The maximum Gasteiger partial charge on any atom is 0.246 e. The summed E-state index contributed by atoms with van der Waals surface area (Å²) in [4.78, 5) is 40.1. The molecule has 0 aliphatic carbocycles. The topological polar surface area (TPSA) is 66.5 Å². The molecule has 4 atom stereocenters. The van der Waals surface area contributed by atoms with Crippen LogP contribution in [0.2, 0.25) is 0 Å². The van der Waals surface area contributed by atoms with Gasteiger partial charge in [-0.1, -0.05) is 45.0 Å². The first-order chi connectivity index (χ1) is 12.8. The molecule has 2 aliphatic rings. The maximum absolute atomic E-state index is 13.5. The number of carbonyl (C=O) groups excluding carboxylic acids is 3. The molecule has 0 radical (unpaired) electrons. The van der Waals surface area contributed by atoms with Gasteiger partial charge in [0.2, 0.25) is 11.8 Å². The molecule has 0 aromatic heterocycles. The fourth-order valence-corrected chi connectivity index (χ4v) is 4.26. The van der Waals surface area contributed by atoms with Crippen molar-refractivity contribution in [3.8, 4) is 0 Å². The molecule has 0 bridgehead atoms. The number of nitrogens with one attached hydrogen (secondary N) is 1. The van der Waals surface area contributed by atoms with E-state index in [0.717, 1.165) is 24.0 Å². The third-order valence-electron chi connectivity index (χ3n) is 6.22. The number of fused-ring (bicyclic) bond motifs is 3. The van der Waals surface area contributed by atoms with Crippen molar-refractivity contribution in [3.05, 3.63) is 35.4 Å². The molecule has 3 rings (SSSR count). The molecular formula is C22H30N2O3. The number of hydrogen-bond acceptors (Lipinski definition) is 3. The van der Waals surface area contributed by atoms with E-state index in [1.54, 1.807) is 11.8 Å². The minimum Gasteiger partial charge on any atom is -0.344 e. The van der Waals surface area contributed by atoms with E-state index >= 15 is 0 Å². The molecular weight excluding hydrogens is 340 g/mol. The Bertz CT molecular complexity index is 743. The van der Waals surface area contributed by atoms with E-state index in [4.69, 9.17) is 0 Å². The van der Waals surface area contributed by atoms with E-state index in [0.29, 0.717) is 12.8 Å². The Hall–Kier alpha value is -2.17. The molecule has 5 heteroatoms. The van der Waals surface area contributed by atoms with Crippen molar-refractivity contribution in [2.24, 2.45) is 11.8 Å². The molecule has 4 unspecified atom stereocenters. The van der Waals surface area contributed by atoms with Gasteiger partial charge < -0.3 is 10.2 Å². The molecule has 2 amide bonds. The molecule has 0 saturated carbocycles. The number of hydrogen-bond donors (Lipinski definition) is 1. The summed E-state index contributed by atoms with van der Waals surface area (Å²) in [5.74, 6) is -0.174. The van der Waals surface area contributed by atoms with Crippen LogP contribution in [-0.4, -0.2) is 34.6 Å². The second-order valence-corrected chi connectivity index (χ2v) is 8.32. The quantitative estimate of drug-likeness (QED) is 0.886. The maximum atomic E-state index is 13.5. The Morgan fingerprint density at radius 3 is 2.52 bits per heavy atom. The van der Waals surface area contributed by atoms with E-state index in [2.05, 4.69) is 11.4 Å². The average molecular weight is 370 g/mol. The highest BCUT2D eigenvalue weighted by molar-refractivity contribution is 5.93. The summed E-state index contributed by atoms with van der Waals surface area (Å²) in [5.41, 5.74) is 2.20. The molecule has 1 N–H and O–H groups in total. The molecule has 1 aromatic rings. The number of nitrogens with zero attached hydrogens (tertiary/aromatic N) is 1. The van der Waals surface area contributed by atoms with Crippen molar-refractivity contribution < 1.29 is 14.4 Å². The number of ketones is 1. The van der Waals surface area contributed by atoms with Gasteiger partial charge in [0.25, 0.3) is 0 Å². The molecule has 2 aliphatic heterocycles. The van der Waals surface area contributed by atoms with Crippen LogP contribution in [-0.2, 0) is 20.8 Å². The molecule has 2 heterocycles. The lowest BCUT2D eigenvalue weighted by molar-refractivity contribution is -0.147. The highest BCUT2D eigenvalue weighted by atomic mass is 16.2. The van der Waals surface area contributed by atoms with E-state index in [1.165, 1.54) is 0 Å². The third-order valence-corrected chi connectivity index (χ3v) is 6.22. The Balaban J connectivity index is 1.98. The lowest BCUT2D eigenvalue weighted by Crippen LogP contribution is -2.56. The minimum absolute atomic E-state index is 0.0213. The highest BCUT2D eigenvalue weighted by Crippen LogP contribution is 2.39. The predicted molar refractivity (Wildman–Crippen MR) is 104 cm³/mol. The van der Waals surface area contributed by atoms with Crippen molar-refractivity contribution in [3.63, 3.8) is 0 Å². The van der Waals surface area contributed by atoms with Crippen molar-refractivity contribution >= 4 is 17.6 Å². The zero-order valence-electron chi connectivity index (χ0n) is 16.7. The first-order valence-electron chi connectivity index (χ1n) is 10.0. The molecule has 5 nitrogen and oxygen atoms in total. The molecule has 1 saturated heterocycles. The normalized spacial score (nSPS) is 26.0. The van der Waals surface area contributed by atoms with Gasteiger partial charge in [0.15, 0.2) is 5.78 Å². The molecule has 1 aromatic carbocycles. The standard InChI is InChI=1S/C22H30N2O3/c1-13(2)14(3)21(26)23-18-12-16-8-5-6-9-17(16)20-11-7-10-19(15(4)25)24(20)22(18)27/h5-6,8-9,13-14,18-20H,7,10-12H2,1-4H3,(H,23,26). The van der Waals surface area contributed by atoms with E-state index in [1.807, 2.05) is 39.0 Å². The summed E-state index contributed by atoms with van der Waals surface area (Å²) in [7, 11) is 0. The van der Waals surface area contributed by atoms with Crippen LogP contribution < -0.4 is 5.32 Å². The van der Waals surface area contributed by atoms with Gasteiger partial charge in [-0.2, -0.15) is 0 Å². The van der Waals surface area contributed by atoms with Gasteiger partial charge >= 0.3 is 0 Å². The summed E-state index contributed by atoms with van der Waals surface area (Å²) in [6.07, 6.45) is 2.95. The smallest absolute Gasteiger partial charge is 0.246 e. The van der Waals surface area contributed by atoms with Crippen LogP contribution in [0.4, 0.5) is 0 Å². The highest BCUT2D eigenvalue weighted by Gasteiger charge is 2.43. The Morgan fingerprint density at radius 2 is 1.85 bits per heavy atom. The first-order valence-corrected chi connectivity index (χ1v) is 10.0. The van der Waals surface area contributed by atoms with Gasteiger partial charge in [0.1, 0.15) is 6.04 Å². The van der Waals surface area contributed by atoms with Crippen LogP contribution in [0, 0.1) is 11.8 Å². The third kappa shape index (κ3) is 3.78. The van der Waals surface area contributed by atoms with E-state index in [9.17, 15) is 14.4 Å². The zero-order valence-corrected chi connectivity index (χ0v) is 16.7. The monoisotopic (exact) mass is 370 g/mol. The number of piperidine rings is 1. The second-order valence-electron chi connectivity index (χ2n) is 8.32. The Kier molecular flexibility index (Phi) is 5.68. The van der Waals surface area contributed by atoms with Gasteiger partial charge in [-0.25, -0.2) is 0 Å². The lowest BCUT2D eigenvalue weighted by Gasteiger charge is -2.41. The average Bonchev–Trinajstić information content (AvgIpc) is 2.76. The SMILES string of the molecule is CC(=O)C1CCCC2c3ccccc3CC(NC(=O)C(C)C(C)C)C(=O)N12. The van der Waals surface area contributed by atoms with Crippen LogP contribution in [0.1, 0.15) is 64.1 Å². The summed E-state index contributed by atoms with van der Waals surface area (Å²) in [6.45, 7) is 7.45. The fourth-order valence-electron chi connectivity index (χ4n) is 4.26. The number of carbonyl (C=O) groups is 3. The second kappa shape index (κ2) is 7.83. The van der Waals surface area contributed by atoms with Crippen molar-refractivity contribution in [1.29, 1.82) is 0 Å².